The lowest BCUT2D eigenvalue weighted by Gasteiger charge is -2.46. The van der Waals surface area contributed by atoms with Gasteiger partial charge in [0.15, 0.2) is 0 Å². The molecule has 2 bridgehead atoms. The Balaban J connectivity index is 1.41. The van der Waals surface area contributed by atoms with Crippen LogP contribution in [0.25, 0.3) is 0 Å². The Morgan fingerprint density at radius 3 is 2.71 bits per heavy atom. The first kappa shape index (κ1) is 28.8. The molecule has 2 aliphatic carbocycles. The normalized spacial score (nSPS) is 33.4. The molecule has 1 spiro atoms. The van der Waals surface area contributed by atoms with Crippen LogP contribution in [0.2, 0.25) is 5.02 Å². The number of nitrogens with one attached hydrogen (secondary N) is 1. The van der Waals surface area contributed by atoms with Crippen LogP contribution < -0.4 is 14.4 Å². The fraction of sp³-hybridized carbons (Fsp3) is 0.594. The van der Waals surface area contributed by atoms with Gasteiger partial charge in [-0.15, -0.1) is 0 Å². The van der Waals surface area contributed by atoms with Crippen LogP contribution in [0, 0.1) is 17.8 Å². The van der Waals surface area contributed by atoms with Crippen LogP contribution in [-0.4, -0.2) is 50.5 Å². The summed E-state index contributed by atoms with van der Waals surface area (Å²) in [5, 5.41) is 11.3. The van der Waals surface area contributed by atoms with Crippen LogP contribution >= 0.6 is 11.6 Å². The maximum Gasteiger partial charge on any atom is 0.264 e. The molecule has 7 nitrogen and oxygen atoms in total. The van der Waals surface area contributed by atoms with Crippen LogP contribution in [0.5, 0.6) is 5.75 Å². The van der Waals surface area contributed by atoms with Crippen LogP contribution in [0.3, 0.4) is 0 Å². The summed E-state index contributed by atoms with van der Waals surface area (Å²) in [6.07, 6.45) is 6.40. The van der Waals surface area contributed by atoms with E-state index in [1.54, 1.807) is 25.1 Å². The zero-order chi connectivity index (χ0) is 28.9. The Bertz CT molecular complexity index is 1430. The van der Waals surface area contributed by atoms with E-state index in [-0.39, 0.29) is 17.3 Å². The topological polar surface area (TPSA) is 95.9 Å². The number of amides is 1. The molecule has 2 heterocycles. The first-order chi connectivity index (χ1) is 19.5. The number of fused-ring (bicyclic) bond motifs is 4. The van der Waals surface area contributed by atoms with Gasteiger partial charge in [0.05, 0.1) is 23.6 Å². The minimum atomic E-state index is -3.85. The Kier molecular flexibility index (Phi) is 7.79. The molecule has 2 aliphatic heterocycles. The number of aliphatic hydroxyl groups excluding tert-OH is 1. The third kappa shape index (κ3) is 5.59. The molecule has 1 amide bonds. The fourth-order valence-corrected chi connectivity index (χ4v) is 8.75. The third-order valence-electron chi connectivity index (χ3n) is 10.2. The van der Waals surface area contributed by atoms with Crippen molar-refractivity contribution in [3.63, 3.8) is 0 Å². The number of carbonyl (C=O) groups is 1. The zero-order valence-electron chi connectivity index (χ0n) is 23.9. The minimum Gasteiger partial charge on any atom is -0.490 e. The maximum absolute atomic E-state index is 13.3. The number of aryl methyl sites for hydroxylation is 1. The van der Waals surface area contributed by atoms with E-state index in [4.69, 9.17) is 16.3 Å². The number of ether oxygens (including phenoxy) is 1. The van der Waals surface area contributed by atoms with Crippen LogP contribution in [0.15, 0.2) is 36.4 Å². The summed E-state index contributed by atoms with van der Waals surface area (Å²) in [6, 6.07) is 11.4. The first-order valence-corrected chi connectivity index (χ1v) is 17.0. The Morgan fingerprint density at radius 2 is 1.93 bits per heavy atom. The molecule has 2 aromatic carbocycles. The molecular formula is C32H41ClN2O5S. The van der Waals surface area contributed by atoms with Crippen LogP contribution in [0.4, 0.5) is 5.69 Å². The zero-order valence-corrected chi connectivity index (χ0v) is 25.5. The van der Waals surface area contributed by atoms with Gasteiger partial charge in [0.1, 0.15) is 5.75 Å². The molecule has 2 N–H and O–H groups in total. The van der Waals surface area contributed by atoms with Gasteiger partial charge in [0.2, 0.25) is 10.0 Å². The van der Waals surface area contributed by atoms with Crippen LogP contribution in [0.1, 0.15) is 80.3 Å². The van der Waals surface area contributed by atoms with Crippen molar-refractivity contribution >= 4 is 33.2 Å². The number of hydrogen-bond donors (Lipinski definition) is 2. The molecule has 4 aliphatic rings. The van der Waals surface area contributed by atoms with Gasteiger partial charge in [-0.25, -0.2) is 13.1 Å². The van der Waals surface area contributed by atoms with E-state index in [0.29, 0.717) is 49.6 Å². The predicted molar refractivity (Wildman–Crippen MR) is 161 cm³/mol. The number of halogens is 1. The second kappa shape index (κ2) is 11.1. The molecule has 9 heteroatoms. The van der Waals surface area contributed by atoms with Gasteiger partial charge in [0, 0.05) is 29.1 Å². The van der Waals surface area contributed by atoms with E-state index in [2.05, 4.69) is 28.7 Å². The molecule has 41 heavy (non-hydrogen) atoms. The first-order valence-electron chi connectivity index (χ1n) is 15.1. The largest absolute Gasteiger partial charge is 0.490 e. The van der Waals surface area contributed by atoms with E-state index in [0.717, 1.165) is 49.4 Å². The summed E-state index contributed by atoms with van der Waals surface area (Å²) in [5.74, 6) is 0.805. The highest BCUT2D eigenvalue weighted by Gasteiger charge is 2.44. The maximum atomic E-state index is 13.3. The molecule has 0 unspecified atom stereocenters. The summed E-state index contributed by atoms with van der Waals surface area (Å²) < 4.78 is 34.9. The molecular weight excluding hydrogens is 560 g/mol. The van der Waals surface area contributed by atoms with Gasteiger partial charge < -0.3 is 14.7 Å². The van der Waals surface area contributed by atoms with Crippen LogP contribution in [-0.2, 0) is 21.9 Å². The van der Waals surface area contributed by atoms with E-state index < -0.39 is 27.3 Å². The van der Waals surface area contributed by atoms with Crippen molar-refractivity contribution in [2.45, 2.75) is 82.0 Å². The van der Waals surface area contributed by atoms with Crippen molar-refractivity contribution in [1.82, 2.24) is 4.72 Å². The van der Waals surface area contributed by atoms with Crippen molar-refractivity contribution in [3.8, 4) is 5.75 Å². The van der Waals surface area contributed by atoms with E-state index in [9.17, 15) is 18.3 Å². The number of sulfonamides is 1. The number of hydrogen-bond acceptors (Lipinski definition) is 6. The van der Waals surface area contributed by atoms with Crippen molar-refractivity contribution < 1.29 is 23.1 Å². The molecule has 2 aromatic rings. The fourth-order valence-electron chi connectivity index (χ4n) is 7.53. The molecule has 0 aromatic heterocycles. The second-order valence-electron chi connectivity index (χ2n) is 13.1. The summed E-state index contributed by atoms with van der Waals surface area (Å²) in [6.45, 7) is 5.70. The van der Waals surface area contributed by atoms with Gasteiger partial charge in [0.25, 0.3) is 5.91 Å². The van der Waals surface area contributed by atoms with E-state index in [1.807, 2.05) is 6.07 Å². The Labute approximate surface area is 248 Å². The molecule has 0 saturated heterocycles. The van der Waals surface area contributed by atoms with Gasteiger partial charge in [-0.3, -0.25) is 4.79 Å². The van der Waals surface area contributed by atoms with Crippen molar-refractivity contribution in [2.24, 2.45) is 17.8 Å². The standard InChI is InChI=1S/C32H41ClN2O5S/c1-20-5-6-21(2)41(38,39)34-31(37)23-8-12-30-28(16-23)35(17-24-7-10-26(24)29(36)14-20)18-32(19-40-30)13-3-4-22-15-25(33)9-11-27(22)32/h8-9,11-12,15-16,20-21,24,26,29,36H,3-7,10,13-14,17-19H2,1-2H3,(H,34,37)/t20-,21+,24-,26+,29+,32-/m0/s1. The summed E-state index contributed by atoms with van der Waals surface area (Å²) in [7, 11) is -3.85. The number of rotatable bonds is 0. The number of anilines is 1. The summed E-state index contributed by atoms with van der Waals surface area (Å²) >= 11 is 6.39. The van der Waals surface area contributed by atoms with Gasteiger partial charge in [-0.2, -0.15) is 0 Å². The predicted octanol–water partition coefficient (Wildman–Crippen LogP) is 5.47. The molecule has 1 saturated carbocycles. The summed E-state index contributed by atoms with van der Waals surface area (Å²) in [4.78, 5) is 15.6. The average Bonchev–Trinajstić information content (AvgIpc) is 3.05. The quantitative estimate of drug-likeness (QED) is 0.416. The molecule has 6 rings (SSSR count). The van der Waals surface area contributed by atoms with E-state index in [1.165, 1.54) is 11.1 Å². The number of nitrogens with zero attached hydrogens (tertiary/aromatic N) is 1. The second-order valence-corrected chi connectivity index (χ2v) is 15.6. The highest BCUT2D eigenvalue weighted by molar-refractivity contribution is 7.90. The lowest BCUT2D eigenvalue weighted by molar-refractivity contribution is 0.00130. The molecule has 0 radical (unpaired) electrons. The highest BCUT2D eigenvalue weighted by Crippen LogP contribution is 2.47. The van der Waals surface area contributed by atoms with Gasteiger partial charge in [-0.1, -0.05) is 24.6 Å². The van der Waals surface area contributed by atoms with Crippen molar-refractivity contribution in [2.75, 3.05) is 24.6 Å². The monoisotopic (exact) mass is 600 g/mol. The van der Waals surface area contributed by atoms with Gasteiger partial charge >= 0.3 is 0 Å². The third-order valence-corrected chi connectivity index (χ3v) is 12.2. The van der Waals surface area contributed by atoms with Crippen molar-refractivity contribution in [3.05, 3.63) is 58.1 Å². The number of carbonyl (C=O) groups excluding carboxylic acids is 1. The van der Waals surface area contributed by atoms with Gasteiger partial charge in [-0.05, 0) is 118 Å². The number of aliphatic hydroxyl groups is 1. The lowest BCUT2D eigenvalue weighted by Crippen LogP contribution is -2.49. The SMILES string of the molecule is C[C@H]1CC[C@@H](C)S(=O)(=O)NC(=O)c2ccc3c(c2)N(C[C@@H]2CC[C@H]2[C@H](O)C1)C[C@@]1(CCCc2cc(Cl)ccc21)CO3. The Morgan fingerprint density at radius 1 is 1.10 bits per heavy atom. The Hall–Kier alpha value is -2.29. The highest BCUT2D eigenvalue weighted by atomic mass is 35.5. The van der Waals surface area contributed by atoms with Crippen molar-refractivity contribution in [1.29, 1.82) is 0 Å². The molecule has 6 atom stereocenters. The summed E-state index contributed by atoms with van der Waals surface area (Å²) in [5.41, 5.74) is 3.39. The average molecular weight is 601 g/mol. The number of benzene rings is 2. The lowest BCUT2D eigenvalue weighted by atomic mass is 9.67. The van der Waals surface area contributed by atoms with E-state index >= 15 is 0 Å². The molecule has 1 fully saturated rings. The molecule has 222 valence electrons. The minimum absolute atomic E-state index is 0.187. The smallest absolute Gasteiger partial charge is 0.264 e.